The van der Waals surface area contributed by atoms with Crippen LogP contribution in [0.25, 0.3) is 11.6 Å². The van der Waals surface area contributed by atoms with Gasteiger partial charge in [-0.3, -0.25) is 0 Å². The fourth-order valence-corrected chi connectivity index (χ4v) is 2.43. The molecule has 0 N–H and O–H groups in total. The Kier molecular flexibility index (Phi) is 5.38. The fraction of sp³-hybridized carbons (Fsp3) is 0. The number of carbonyl (C=O) groups excluding carboxylic acids is 1. The van der Waals surface area contributed by atoms with E-state index in [1.807, 2.05) is 6.07 Å². The average molecular weight is 361 g/mol. The summed E-state index contributed by atoms with van der Waals surface area (Å²) >= 11 is 0. The zero-order valence-corrected chi connectivity index (χ0v) is 14.0. The summed E-state index contributed by atoms with van der Waals surface area (Å²) in [7, 11) is 0. The summed E-state index contributed by atoms with van der Waals surface area (Å²) in [6, 6.07) is 19.5. The molecule has 0 saturated carbocycles. The Morgan fingerprint density at radius 2 is 1.70 bits per heavy atom. The van der Waals surface area contributed by atoms with Gasteiger partial charge in [0.1, 0.15) is 17.4 Å². The van der Waals surface area contributed by atoms with Crippen molar-refractivity contribution in [2.45, 2.75) is 0 Å². The molecule has 0 fully saturated rings. The Bertz CT molecular complexity index is 1050. The molecular formula is C22H13F2NO2. The number of nitrogens with zero attached hydrogens (tertiary/aromatic N) is 1. The lowest BCUT2D eigenvalue weighted by Gasteiger charge is -2.05. The number of carbonyl (C=O) groups is 1. The number of hydrogen-bond acceptors (Lipinski definition) is 3. The molecule has 0 unspecified atom stereocenters. The van der Waals surface area contributed by atoms with E-state index in [2.05, 4.69) is 0 Å². The quantitative estimate of drug-likeness (QED) is 0.276. The Labute approximate surface area is 154 Å². The predicted molar refractivity (Wildman–Crippen MR) is 97.7 cm³/mol. The molecule has 5 heteroatoms. The van der Waals surface area contributed by atoms with Crippen molar-refractivity contribution in [3.63, 3.8) is 0 Å². The number of nitriles is 1. The van der Waals surface area contributed by atoms with Crippen molar-refractivity contribution in [2.75, 3.05) is 0 Å². The van der Waals surface area contributed by atoms with Crippen molar-refractivity contribution in [3.8, 4) is 11.8 Å². The summed E-state index contributed by atoms with van der Waals surface area (Å²) in [5.41, 5.74) is 1.13. The van der Waals surface area contributed by atoms with Crippen molar-refractivity contribution < 1.29 is 18.3 Å². The van der Waals surface area contributed by atoms with Gasteiger partial charge in [-0.25, -0.2) is 13.6 Å². The van der Waals surface area contributed by atoms with E-state index in [-0.39, 0.29) is 22.4 Å². The van der Waals surface area contributed by atoms with E-state index in [0.29, 0.717) is 5.56 Å². The third kappa shape index (κ3) is 4.44. The fourth-order valence-electron chi connectivity index (χ4n) is 2.43. The molecule has 0 bridgehead atoms. The van der Waals surface area contributed by atoms with Crippen LogP contribution in [0.4, 0.5) is 8.78 Å². The van der Waals surface area contributed by atoms with Gasteiger partial charge in [-0.1, -0.05) is 36.4 Å². The van der Waals surface area contributed by atoms with Crippen LogP contribution >= 0.6 is 0 Å². The van der Waals surface area contributed by atoms with Crippen LogP contribution < -0.4 is 4.74 Å². The van der Waals surface area contributed by atoms with Crippen LogP contribution in [0.15, 0.2) is 72.8 Å². The molecule has 3 aromatic rings. The van der Waals surface area contributed by atoms with Crippen LogP contribution in [0, 0.1) is 23.0 Å². The maximum Gasteiger partial charge on any atom is 0.343 e. The van der Waals surface area contributed by atoms with Gasteiger partial charge in [0, 0.05) is 5.56 Å². The van der Waals surface area contributed by atoms with Crippen LogP contribution in [0.2, 0.25) is 0 Å². The predicted octanol–water partition coefficient (Wildman–Crippen LogP) is 5.25. The summed E-state index contributed by atoms with van der Waals surface area (Å²) in [6.07, 6.45) is 1.54. The van der Waals surface area contributed by atoms with Crippen LogP contribution in [0.3, 0.4) is 0 Å². The van der Waals surface area contributed by atoms with E-state index >= 15 is 0 Å². The van der Waals surface area contributed by atoms with Gasteiger partial charge in [0.05, 0.1) is 17.2 Å². The van der Waals surface area contributed by atoms with Crippen molar-refractivity contribution in [2.24, 2.45) is 0 Å². The summed E-state index contributed by atoms with van der Waals surface area (Å²) < 4.78 is 32.2. The van der Waals surface area contributed by atoms with Crippen molar-refractivity contribution >= 4 is 17.6 Å². The molecule has 0 amide bonds. The average Bonchev–Trinajstić information content (AvgIpc) is 2.68. The molecule has 132 valence electrons. The maximum atomic E-state index is 13.9. The lowest BCUT2D eigenvalue weighted by Crippen LogP contribution is -2.08. The van der Waals surface area contributed by atoms with Gasteiger partial charge >= 0.3 is 5.97 Å². The number of allylic oxidation sites excluding steroid dienone is 1. The minimum absolute atomic E-state index is 0.102. The standard InChI is InChI=1S/C22H13F2NO2/c23-18-5-3-4-16(13-18)22(26)27-19-10-8-15(9-11-19)12-17(14-25)20-6-1-2-7-21(20)24/h1-13H/b17-12-. The number of benzene rings is 3. The largest absolute Gasteiger partial charge is 0.423 e. The van der Waals surface area contributed by atoms with E-state index in [4.69, 9.17) is 4.74 Å². The minimum atomic E-state index is -0.679. The molecule has 0 aliphatic carbocycles. The van der Waals surface area contributed by atoms with Crippen LogP contribution in [0.5, 0.6) is 5.75 Å². The lowest BCUT2D eigenvalue weighted by atomic mass is 10.0. The smallest absolute Gasteiger partial charge is 0.343 e. The Morgan fingerprint density at radius 1 is 0.963 bits per heavy atom. The summed E-state index contributed by atoms with van der Waals surface area (Å²) in [6.45, 7) is 0. The second-order valence-corrected chi connectivity index (χ2v) is 5.62. The highest BCUT2D eigenvalue weighted by atomic mass is 19.1. The number of rotatable bonds is 4. The molecule has 27 heavy (non-hydrogen) atoms. The molecule has 0 spiro atoms. The molecule has 0 radical (unpaired) electrons. The molecular weight excluding hydrogens is 348 g/mol. The zero-order valence-electron chi connectivity index (χ0n) is 14.0. The highest BCUT2D eigenvalue weighted by Crippen LogP contribution is 2.22. The molecule has 0 aliphatic heterocycles. The Balaban J connectivity index is 1.78. The van der Waals surface area contributed by atoms with Gasteiger partial charge in [-0.05, 0) is 48.0 Å². The van der Waals surface area contributed by atoms with Gasteiger partial charge in [0.15, 0.2) is 0 Å². The van der Waals surface area contributed by atoms with Gasteiger partial charge in [0.25, 0.3) is 0 Å². The van der Waals surface area contributed by atoms with E-state index < -0.39 is 17.6 Å². The van der Waals surface area contributed by atoms with Crippen molar-refractivity contribution in [3.05, 3.63) is 101 Å². The molecule has 0 heterocycles. The van der Waals surface area contributed by atoms with Crippen LogP contribution in [-0.4, -0.2) is 5.97 Å². The first kappa shape index (κ1) is 18.0. The maximum absolute atomic E-state index is 13.9. The zero-order chi connectivity index (χ0) is 19.2. The minimum Gasteiger partial charge on any atom is -0.423 e. The highest BCUT2D eigenvalue weighted by Gasteiger charge is 2.10. The second kappa shape index (κ2) is 8.07. The first-order valence-corrected chi connectivity index (χ1v) is 8.01. The number of halogens is 2. The number of esters is 1. The van der Waals surface area contributed by atoms with E-state index in [1.54, 1.807) is 36.4 Å². The van der Waals surface area contributed by atoms with Crippen LogP contribution in [-0.2, 0) is 0 Å². The summed E-state index contributed by atoms with van der Waals surface area (Å²) in [5, 5.41) is 9.30. The molecule has 0 aliphatic rings. The molecule has 3 rings (SSSR count). The highest BCUT2D eigenvalue weighted by molar-refractivity contribution is 5.91. The van der Waals surface area contributed by atoms with Gasteiger partial charge in [-0.15, -0.1) is 0 Å². The van der Waals surface area contributed by atoms with Gasteiger partial charge in [0.2, 0.25) is 0 Å². The van der Waals surface area contributed by atoms with Gasteiger partial charge < -0.3 is 4.74 Å². The third-order valence-electron chi connectivity index (χ3n) is 3.75. The molecule has 0 atom stereocenters. The summed E-state index contributed by atoms with van der Waals surface area (Å²) in [4.78, 5) is 12.0. The normalized spacial score (nSPS) is 10.9. The molecule has 0 saturated heterocycles. The monoisotopic (exact) mass is 361 g/mol. The first-order chi connectivity index (χ1) is 13.1. The van der Waals surface area contributed by atoms with Crippen molar-refractivity contribution in [1.29, 1.82) is 5.26 Å². The molecule has 3 nitrogen and oxygen atoms in total. The van der Waals surface area contributed by atoms with E-state index in [9.17, 15) is 18.8 Å². The summed E-state index contributed by atoms with van der Waals surface area (Å²) in [5.74, 6) is -1.42. The first-order valence-electron chi connectivity index (χ1n) is 8.01. The van der Waals surface area contributed by atoms with Crippen molar-refractivity contribution in [1.82, 2.24) is 0 Å². The Hall–Kier alpha value is -3.78. The molecule has 3 aromatic carbocycles. The number of hydrogen-bond donors (Lipinski definition) is 0. The van der Waals surface area contributed by atoms with Gasteiger partial charge in [-0.2, -0.15) is 5.26 Å². The SMILES string of the molecule is N#C/C(=C/c1ccc(OC(=O)c2cccc(F)c2)cc1)c1ccccc1F. The Morgan fingerprint density at radius 3 is 2.37 bits per heavy atom. The van der Waals surface area contributed by atoms with E-state index in [0.717, 1.165) is 6.07 Å². The lowest BCUT2D eigenvalue weighted by molar-refractivity contribution is 0.0734. The van der Waals surface area contributed by atoms with Crippen LogP contribution in [0.1, 0.15) is 21.5 Å². The van der Waals surface area contributed by atoms with E-state index in [1.165, 1.54) is 36.4 Å². The third-order valence-corrected chi connectivity index (χ3v) is 3.75. The molecule has 0 aromatic heterocycles. The topological polar surface area (TPSA) is 50.1 Å². The number of ether oxygens (including phenoxy) is 1. The second-order valence-electron chi connectivity index (χ2n) is 5.62.